The van der Waals surface area contributed by atoms with Crippen LogP contribution in [0.1, 0.15) is 32.6 Å². The van der Waals surface area contributed by atoms with Gasteiger partial charge in [0.15, 0.2) is 0 Å². The van der Waals surface area contributed by atoms with Crippen molar-refractivity contribution >= 4 is 5.97 Å². The quantitative estimate of drug-likeness (QED) is 0.832. The Labute approximate surface area is 107 Å². The van der Waals surface area contributed by atoms with Crippen LogP contribution in [0.25, 0.3) is 0 Å². The molecule has 5 heteroatoms. The largest absolute Gasteiger partial charge is 0.481 e. The lowest BCUT2D eigenvalue weighted by Gasteiger charge is -2.30. The zero-order valence-corrected chi connectivity index (χ0v) is 10.7. The van der Waals surface area contributed by atoms with Gasteiger partial charge in [-0.3, -0.25) is 4.79 Å². The van der Waals surface area contributed by atoms with Gasteiger partial charge in [-0.15, -0.1) is 0 Å². The monoisotopic (exact) mass is 251 g/mol. The third-order valence-corrected chi connectivity index (χ3v) is 3.59. The van der Waals surface area contributed by atoms with E-state index in [9.17, 15) is 4.79 Å². The molecule has 2 N–H and O–H groups in total. The smallest absolute Gasteiger partial charge is 0.306 e. The van der Waals surface area contributed by atoms with Crippen molar-refractivity contribution in [3.05, 3.63) is 18.7 Å². The van der Waals surface area contributed by atoms with Crippen LogP contribution < -0.4 is 5.32 Å². The summed E-state index contributed by atoms with van der Waals surface area (Å²) < 4.78 is 2.04. The van der Waals surface area contributed by atoms with Crippen molar-refractivity contribution in [2.75, 3.05) is 0 Å². The Bertz CT molecular complexity index is 378. The van der Waals surface area contributed by atoms with E-state index in [-0.39, 0.29) is 5.92 Å². The summed E-state index contributed by atoms with van der Waals surface area (Å²) >= 11 is 0. The van der Waals surface area contributed by atoms with Gasteiger partial charge in [0.1, 0.15) is 0 Å². The first-order chi connectivity index (χ1) is 8.65. The maximum Gasteiger partial charge on any atom is 0.306 e. The number of nitrogens with one attached hydrogen (secondary N) is 1. The number of nitrogens with zero attached hydrogens (tertiary/aromatic N) is 2. The molecular weight excluding hydrogens is 230 g/mol. The Morgan fingerprint density at radius 2 is 2.44 bits per heavy atom. The van der Waals surface area contributed by atoms with E-state index in [2.05, 4.69) is 17.2 Å². The molecule has 1 aliphatic carbocycles. The molecule has 3 unspecified atom stereocenters. The van der Waals surface area contributed by atoms with Crippen LogP contribution in [0, 0.1) is 5.92 Å². The maximum atomic E-state index is 11.0. The molecule has 2 rings (SSSR count). The van der Waals surface area contributed by atoms with E-state index < -0.39 is 5.97 Å². The van der Waals surface area contributed by atoms with Crippen molar-refractivity contribution < 1.29 is 9.90 Å². The second-order valence-corrected chi connectivity index (χ2v) is 5.23. The SMILES string of the molecule is CC(Cn1ccnc1)NC1CCCC(C(=O)O)C1. The van der Waals surface area contributed by atoms with Crippen LogP contribution >= 0.6 is 0 Å². The van der Waals surface area contributed by atoms with Gasteiger partial charge < -0.3 is 15.0 Å². The lowest BCUT2D eigenvalue weighted by Crippen LogP contribution is -2.42. The van der Waals surface area contributed by atoms with Crippen LogP contribution in [-0.4, -0.2) is 32.7 Å². The highest BCUT2D eigenvalue weighted by molar-refractivity contribution is 5.70. The van der Waals surface area contributed by atoms with Crippen molar-refractivity contribution in [2.24, 2.45) is 5.92 Å². The molecule has 3 atom stereocenters. The van der Waals surface area contributed by atoms with Gasteiger partial charge in [0.25, 0.3) is 0 Å². The molecule has 1 aromatic heterocycles. The molecule has 1 saturated carbocycles. The summed E-state index contributed by atoms with van der Waals surface area (Å²) in [5, 5.41) is 12.6. The Kier molecular flexibility index (Phi) is 4.36. The molecule has 5 nitrogen and oxygen atoms in total. The van der Waals surface area contributed by atoms with Gasteiger partial charge >= 0.3 is 5.97 Å². The fourth-order valence-corrected chi connectivity index (χ4v) is 2.73. The molecule has 0 amide bonds. The van der Waals surface area contributed by atoms with E-state index in [0.29, 0.717) is 12.1 Å². The summed E-state index contributed by atoms with van der Waals surface area (Å²) in [5.41, 5.74) is 0. The predicted octanol–water partition coefficient (Wildman–Crippen LogP) is 1.50. The Morgan fingerprint density at radius 1 is 1.61 bits per heavy atom. The minimum absolute atomic E-state index is 0.170. The first kappa shape index (κ1) is 13.1. The van der Waals surface area contributed by atoms with Crippen molar-refractivity contribution in [1.82, 2.24) is 14.9 Å². The van der Waals surface area contributed by atoms with E-state index >= 15 is 0 Å². The summed E-state index contributed by atoms with van der Waals surface area (Å²) in [6.45, 7) is 3.00. The highest BCUT2D eigenvalue weighted by atomic mass is 16.4. The first-order valence-electron chi connectivity index (χ1n) is 6.59. The standard InChI is InChI=1S/C13H21N3O2/c1-10(8-16-6-5-14-9-16)15-12-4-2-3-11(7-12)13(17)18/h5-6,9-12,15H,2-4,7-8H2,1H3,(H,17,18). The van der Waals surface area contributed by atoms with Crippen LogP contribution in [-0.2, 0) is 11.3 Å². The second kappa shape index (κ2) is 6.00. The van der Waals surface area contributed by atoms with Gasteiger partial charge in [-0.25, -0.2) is 4.98 Å². The third kappa shape index (κ3) is 3.57. The van der Waals surface area contributed by atoms with E-state index in [1.165, 1.54) is 0 Å². The van der Waals surface area contributed by atoms with Crippen LogP contribution in [0.5, 0.6) is 0 Å². The normalized spacial score (nSPS) is 25.8. The highest BCUT2D eigenvalue weighted by Gasteiger charge is 2.27. The summed E-state index contributed by atoms with van der Waals surface area (Å²) in [6, 6.07) is 0.662. The molecule has 0 bridgehead atoms. The van der Waals surface area contributed by atoms with E-state index in [1.807, 2.05) is 10.8 Å². The predicted molar refractivity (Wildman–Crippen MR) is 68.2 cm³/mol. The molecule has 0 aromatic carbocycles. The van der Waals surface area contributed by atoms with Gasteiger partial charge in [0.2, 0.25) is 0 Å². The van der Waals surface area contributed by atoms with Crippen LogP contribution in [0.4, 0.5) is 0 Å². The number of imidazole rings is 1. The summed E-state index contributed by atoms with van der Waals surface area (Å²) in [7, 11) is 0. The molecule has 1 aromatic rings. The number of carboxylic acids is 1. The average molecular weight is 251 g/mol. The number of carbonyl (C=O) groups is 1. The fraction of sp³-hybridized carbons (Fsp3) is 0.692. The Hall–Kier alpha value is -1.36. The number of aliphatic carboxylic acids is 1. The maximum absolute atomic E-state index is 11.0. The minimum atomic E-state index is -0.649. The fourth-order valence-electron chi connectivity index (χ4n) is 2.73. The van der Waals surface area contributed by atoms with Crippen molar-refractivity contribution in [3.63, 3.8) is 0 Å². The first-order valence-corrected chi connectivity index (χ1v) is 6.59. The third-order valence-electron chi connectivity index (χ3n) is 3.59. The number of aromatic nitrogens is 2. The molecule has 0 radical (unpaired) electrons. The van der Waals surface area contributed by atoms with Crippen molar-refractivity contribution in [2.45, 2.75) is 51.2 Å². The molecule has 18 heavy (non-hydrogen) atoms. The Balaban J connectivity index is 1.79. The molecule has 0 aliphatic heterocycles. The van der Waals surface area contributed by atoms with Crippen molar-refractivity contribution in [1.29, 1.82) is 0 Å². The number of hydrogen-bond donors (Lipinski definition) is 2. The topological polar surface area (TPSA) is 67.2 Å². The van der Waals surface area contributed by atoms with Gasteiger partial charge in [-0.1, -0.05) is 6.42 Å². The lowest BCUT2D eigenvalue weighted by atomic mass is 9.85. The number of rotatable bonds is 5. The zero-order valence-electron chi connectivity index (χ0n) is 10.7. The van der Waals surface area contributed by atoms with Gasteiger partial charge in [-0.05, 0) is 26.2 Å². The average Bonchev–Trinajstić information content (AvgIpc) is 2.82. The number of hydrogen-bond acceptors (Lipinski definition) is 3. The molecule has 1 aliphatic rings. The van der Waals surface area contributed by atoms with Gasteiger partial charge in [-0.2, -0.15) is 0 Å². The second-order valence-electron chi connectivity index (χ2n) is 5.23. The molecule has 100 valence electrons. The minimum Gasteiger partial charge on any atom is -0.481 e. The van der Waals surface area contributed by atoms with Crippen LogP contribution in [0.15, 0.2) is 18.7 Å². The molecule has 0 spiro atoms. The van der Waals surface area contributed by atoms with E-state index in [4.69, 9.17) is 5.11 Å². The summed E-state index contributed by atoms with van der Waals surface area (Å²) in [4.78, 5) is 15.0. The summed E-state index contributed by atoms with van der Waals surface area (Å²) in [5.74, 6) is -0.819. The molecule has 1 fully saturated rings. The van der Waals surface area contributed by atoms with Crippen molar-refractivity contribution in [3.8, 4) is 0 Å². The van der Waals surface area contributed by atoms with E-state index in [0.717, 1.165) is 32.2 Å². The highest BCUT2D eigenvalue weighted by Crippen LogP contribution is 2.24. The Morgan fingerprint density at radius 3 is 3.11 bits per heavy atom. The van der Waals surface area contributed by atoms with E-state index in [1.54, 1.807) is 12.5 Å². The van der Waals surface area contributed by atoms with Crippen LogP contribution in [0.3, 0.4) is 0 Å². The van der Waals surface area contributed by atoms with Gasteiger partial charge in [0.05, 0.1) is 12.2 Å². The summed E-state index contributed by atoms with van der Waals surface area (Å²) in [6.07, 6.45) is 9.18. The number of carboxylic acid groups (broad SMARTS) is 1. The van der Waals surface area contributed by atoms with Gasteiger partial charge in [0, 0.05) is 31.0 Å². The molecule has 0 saturated heterocycles. The molecular formula is C13H21N3O2. The zero-order chi connectivity index (χ0) is 13.0. The van der Waals surface area contributed by atoms with Crippen LogP contribution in [0.2, 0.25) is 0 Å². The molecule has 1 heterocycles. The lowest BCUT2D eigenvalue weighted by molar-refractivity contribution is -0.143.